The molecular formula is C9H14O3. The largest absolute Gasteiger partial charge is 0.465 e. The number of carbonyl (C=O) groups excluding carboxylic acids is 2. The van der Waals surface area contributed by atoms with Gasteiger partial charge < -0.3 is 4.74 Å². The van der Waals surface area contributed by atoms with Gasteiger partial charge in [-0.1, -0.05) is 6.37 Å². The number of hydrogen-bond donors (Lipinski definition) is 0. The van der Waals surface area contributed by atoms with Crippen LogP contribution in [0.3, 0.4) is 0 Å². The first-order valence-electron chi connectivity index (χ1n) is 7.47. The summed E-state index contributed by atoms with van der Waals surface area (Å²) >= 11 is 0. The normalized spacial score (nSPS) is 50.4. The molecule has 0 aromatic rings. The van der Waals surface area contributed by atoms with Gasteiger partial charge in [-0.05, 0) is 19.7 Å². The monoisotopic (exact) mass is 178 g/mol. The van der Waals surface area contributed by atoms with E-state index in [0.717, 1.165) is 0 Å². The van der Waals surface area contributed by atoms with Crippen LogP contribution in [0.15, 0.2) is 0 Å². The molecule has 0 aromatic carbocycles. The van der Waals surface area contributed by atoms with E-state index in [0.29, 0.717) is 0 Å². The topological polar surface area (TPSA) is 43.4 Å². The van der Waals surface area contributed by atoms with Gasteiger partial charge in [0.15, 0.2) is 0 Å². The van der Waals surface area contributed by atoms with Gasteiger partial charge in [0.1, 0.15) is 11.7 Å². The maximum Gasteiger partial charge on any atom is 0.316 e. The molecule has 1 saturated carbocycles. The molecule has 1 aliphatic rings. The molecule has 1 unspecified atom stereocenters. The highest BCUT2D eigenvalue weighted by atomic mass is 16.5. The Balaban J connectivity index is 3.49. The molecule has 3 heteroatoms. The first-order valence-corrected chi connectivity index (χ1v) is 3.47. The van der Waals surface area contributed by atoms with Crippen LogP contribution in [0.1, 0.15) is 43.4 Å². The van der Waals surface area contributed by atoms with Crippen molar-refractivity contribution in [3.05, 3.63) is 0 Å². The summed E-state index contributed by atoms with van der Waals surface area (Å²) in [5.74, 6) is -5.40. The van der Waals surface area contributed by atoms with E-state index in [-0.39, 0.29) is 6.61 Å². The van der Waals surface area contributed by atoms with Crippen molar-refractivity contribution >= 4 is 11.8 Å². The van der Waals surface area contributed by atoms with Crippen molar-refractivity contribution in [3.8, 4) is 0 Å². The molecule has 1 aliphatic carbocycles. The average Bonchev–Trinajstić information content (AvgIpc) is 2.26. The zero-order valence-electron chi connectivity index (χ0n) is 14.5. The number of carbonyl (C=O) groups is 2. The Morgan fingerprint density at radius 2 is 2.50 bits per heavy atom. The van der Waals surface area contributed by atoms with Crippen molar-refractivity contribution in [2.75, 3.05) is 6.61 Å². The van der Waals surface area contributed by atoms with E-state index in [1.807, 2.05) is 0 Å². The van der Waals surface area contributed by atoms with E-state index < -0.39 is 43.2 Å². The van der Waals surface area contributed by atoms with Gasteiger partial charge >= 0.3 is 5.97 Å². The lowest BCUT2D eigenvalue weighted by Crippen LogP contribution is -2.28. The van der Waals surface area contributed by atoms with E-state index in [1.54, 1.807) is 0 Å². The minimum Gasteiger partial charge on any atom is -0.465 e. The Labute approximate surface area is 83.3 Å². The number of rotatable bonds is 2. The third kappa shape index (κ3) is 2.06. The van der Waals surface area contributed by atoms with E-state index in [2.05, 4.69) is 4.74 Å². The molecule has 0 aliphatic heterocycles. The highest BCUT2D eigenvalue weighted by molar-refractivity contribution is 5.99. The number of Topliss-reactive ketones (excluding diaryl/α,β-unsaturated/α-hetero) is 1. The molecule has 0 amide bonds. The summed E-state index contributed by atoms with van der Waals surface area (Å²) in [6.07, 6.45) is -13.4. The molecule has 0 saturated heterocycles. The summed E-state index contributed by atoms with van der Waals surface area (Å²) in [7, 11) is 0. The van der Waals surface area contributed by atoms with Gasteiger partial charge in [-0.15, -0.1) is 0 Å². The molecule has 0 heterocycles. The molecular weight excluding hydrogens is 156 g/mol. The third-order valence-corrected chi connectivity index (χ3v) is 1.25. The molecule has 3 nitrogen and oxygen atoms in total. The number of esters is 1. The number of ether oxygens (including phenoxy) is 1. The van der Waals surface area contributed by atoms with Crippen molar-refractivity contribution in [1.29, 1.82) is 0 Å². The van der Waals surface area contributed by atoms with Crippen LogP contribution in [0.2, 0.25) is 0 Å². The SMILES string of the molecule is [2H]C1([2H])C(=O)C(C(=O)OCC)C([2H])([2H])C([2H])([2H])C1([2H])[2H]. The maximum atomic E-state index is 12.0. The van der Waals surface area contributed by atoms with Gasteiger partial charge in [-0.2, -0.15) is 0 Å². The Kier molecular flexibility index (Phi) is 1.10. The lowest BCUT2D eigenvalue weighted by atomic mass is 9.88. The van der Waals surface area contributed by atoms with Crippen LogP contribution < -0.4 is 0 Å². The standard InChI is InChI=1S/C9H14O3/c1-2-12-9(11)7-5-3-4-6-8(7)10/h7H,2-6H2,1H3/i3D2,4D2,5D2,6D2. The summed E-state index contributed by atoms with van der Waals surface area (Å²) in [6.45, 7) is 1.20. The Morgan fingerprint density at radius 1 is 1.75 bits per heavy atom. The molecule has 68 valence electrons. The highest BCUT2D eigenvalue weighted by Gasteiger charge is 2.29. The average molecular weight is 178 g/mol. The van der Waals surface area contributed by atoms with Crippen molar-refractivity contribution in [2.24, 2.45) is 5.92 Å². The highest BCUT2D eigenvalue weighted by Crippen LogP contribution is 2.21. The fourth-order valence-corrected chi connectivity index (χ4v) is 0.730. The van der Waals surface area contributed by atoms with Crippen LogP contribution in [-0.2, 0) is 14.3 Å². The quantitative estimate of drug-likeness (QED) is 0.473. The van der Waals surface area contributed by atoms with Crippen molar-refractivity contribution in [3.63, 3.8) is 0 Å². The van der Waals surface area contributed by atoms with Crippen LogP contribution in [0.25, 0.3) is 0 Å². The predicted molar refractivity (Wildman–Crippen MR) is 43.6 cm³/mol. The van der Waals surface area contributed by atoms with E-state index in [9.17, 15) is 9.59 Å². The van der Waals surface area contributed by atoms with Crippen molar-refractivity contribution < 1.29 is 25.3 Å². The van der Waals surface area contributed by atoms with Gasteiger partial charge in [0.25, 0.3) is 0 Å². The molecule has 1 fully saturated rings. The lowest BCUT2D eigenvalue weighted by molar-refractivity contribution is -0.152. The Bertz CT molecular complexity index is 444. The van der Waals surface area contributed by atoms with Gasteiger partial charge in [-0.3, -0.25) is 9.59 Å². The molecule has 12 heavy (non-hydrogen) atoms. The molecule has 0 aromatic heterocycles. The molecule has 0 bridgehead atoms. The summed E-state index contributed by atoms with van der Waals surface area (Å²) in [4.78, 5) is 23.6. The van der Waals surface area contributed by atoms with Crippen molar-refractivity contribution in [2.45, 2.75) is 32.4 Å². The minimum atomic E-state index is -3.43. The zero-order valence-corrected chi connectivity index (χ0v) is 6.51. The van der Waals surface area contributed by atoms with Gasteiger partial charge in [0.2, 0.25) is 0 Å². The van der Waals surface area contributed by atoms with Gasteiger partial charge in [-0.25, -0.2) is 0 Å². The smallest absolute Gasteiger partial charge is 0.316 e. The first kappa shape index (κ1) is 3.13. The summed E-state index contributed by atoms with van der Waals surface area (Å²) in [5.41, 5.74) is 0. The van der Waals surface area contributed by atoms with Gasteiger partial charge in [0.05, 0.1) is 6.61 Å². The van der Waals surface area contributed by atoms with E-state index in [1.165, 1.54) is 6.92 Å². The summed E-state index contributed by atoms with van der Waals surface area (Å²) in [6, 6.07) is 0. The molecule has 1 atom stereocenters. The van der Waals surface area contributed by atoms with Crippen LogP contribution in [0, 0.1) is 5.92 Å². The second kappa shape index (κ2) is 4.24. The molecule has 0 spiro atoms. The van der Waals surface area contributed by atoms with E-state index in [4.69, 9.17) is 11.0 Å². The van der Waals surface area contributed by atoms with Crippen LogP contribution >= 0.6 is 0 Å². The number of hydrogen-bond acceptors (Lipinski definition) is 3. The van der Waals surface area contributed by atoms with Crippen LogP contribution in [0.5, 0.6) is 0 Å². The van der Waals surface area contributed by atoms with E-state index >= 15 is 0 Å². The fraction of sp³-hybridized carbons (Fsp3) is 0.778. The first-order chi connectivity index (χ1) is 8.76. The molecule has 1 rings (SSSR count). The lowest BCUT2D eigenvalue weighted by Gasteiger charge is -2.18. The fourth-order valence-electron chi connectivity index (χ4n) is 0.730. The summed E-state index contributed by atoms with van der Waals surface area (Å²) in [5, 5.41) is 0. The van der Waals surface area contributed by atoms with Crippen LogP contribution in [-0.4, -0.2) is 18.4 Å². The summed E-state index contributed by atoms with van der Waals surface area (Å²) < 4.78 is 64.6. The zero-order chi connectivity index (χ0) is 16.1. The molecule has 0 N–H and O–H groups in total. The second-order valence-electron chi connectivity index (χ2n) is 2.07. The minimum absolute atomic E-state index is 0.197. The predicted octanol–water partition coefficient (Wildman–Crippen LogP) is 1.31. The Hall–Kier alpha value is -0.860. The van der Waals surface area contributed by atoms with Crippen LogP contribution in [0.4, 0.5) is 0 Å². The van der Waals surface area contributed by atoms with Gasteiger partial charge in [0, 0.05) is 17.3 Å². The van der Waals surface area contributed by atoms with Crippen molar-refractivity contribution in [1.82, 2.24) is 0 Å². The number of ketones is 1. The maximum absolute atomic E-state index is 12.0. The molecule has 0 radical (unpaired) electrons. The second-order valence-corrected chi connectivity index (χ2v) is 2.07. The third-order valence-electron chi connectivity index (χ3n) is 1.25. The Morgan fingerprint density at radius 3 is 3.17 bits per heavy atom.